The van der Waals surface area contributed by atoms with Gasteiger partial charge in [0.1, 0.15) is 24.2 Å². The van der Waals surface area contributed by atoms with Crippen LogP contribution in [0.2, 0.25) is 0 Å². The summed E-state index contributed by atoms with van der Waals surface area (Å²) >= 11 is 0. The fourth-order valence-electron chi connectivity index (χ4n) is 2.91. The lowest BCUT2D eigenvalue weighted by atomic mass is 10.0. The molecule has 1 fully saturated rings. The molecule has 3 rings (SSSR count). The number of benzene rings is 1. The van der Waals surface area contributed by atoms with Crippen molar-refractivity contribution in [3.8, 4) is 11.5 Å². The summed E-state index contributed by atoms with van der Waals surface area (Å²) in [6.07, 6.45) is 3.45. The van der Waals surface area contributed by atoms with Crippen LogP contribution >= 0.6 is 0 Å². The molecule has 2 aliphatic rings. The molecule has 0 radical (unpaired) electrons. The van der Waals surface area contributed by atoms with Gasteiger partial charge in [0.15, 0.2) is 0 Å². The smallest absolute Gasteiger partial charge is 0.126 e. The second-order valence-electron chi connectivity index (χ2n) is 5.65. The van der Waals surface area contributed by atoms with E-state index in [9.17, 15) is 0 Å². The molecule has 20 heavy (non-hydrogen) atoms. The van der Waals surface area contributed by atoms with Crippen LogP contribution in [-0.2, 0) is 6.42 Å². The predicted molar refractivity (Wildman–Crippen MR) is 79.8 cm³/mol. The number of likely N-dealkylation sites (tertiary alicyclic amines) is 1. The molecule has 2 heterocycles. The summed E-state index contributed by atoms with van der Waals surface area (Å²) in [7, 11) is 2.15. The highest BCUT2D eigenvalue weighted by Crippen LogP contribution is 2.33. The number of nitrogens with zero attached hydrogens (tertiary/aromatic N) is 1. The Morgan fingerprint density at radius 1 is 1.40 bits per heavy atom. The second kappa shape index (κ2) is 6.43. The first-order chi connectivity index (χ1) is 9.22. The molecule has 5 heteroatoms. The van der Waals surface area contributed by atoms with Crippen LogP contribution in [0, 0.1) is 0 Å². The minimum absolute atomic E-state index is 0. The summed E-state index contributed by atoms with van der Waals surface area (Å²) in [5, 5.41) is 0. The van der Waals surface area contributed by atoms with Crippen LogP contribution in [-0.4, -0.2) is 43.8 Å². The third-order valence-corrected chi connectivity index (χ3v) is 3.88. The normalized spacial score (nSPS) is 26.1. The van der Waals surface area contributed by atoms with E-state index in [0.717, 1.165) is 36.4 Å². The summed E-state index contributed by atoms with van der Waals surface area (Å²) in [5.74, 6) is 1.89. The van der Waals surface area contributed by atoms with Crippen LogP contribution in [0.3, 0.4) is 0 Å². The molecular formula is C15H25N3O2. The number of hydrogen-bond acceptors (Lipinski definition) is 5. The lowest BCUT2D eigenvalue weighted by Crippen LogP contribution is -2.39. The Morgan fingerprint density at radius 2 is 2.25 bits per heavy atom. The third-order valence-electron chi connectivity index (χ3n) is 3.88. The van der Waals surface area contributed by atoms with Crippen molar-refractivity contribution in [3.63, 3.8) is 0 Å². The first-order valence-electron chi connectivity index (χ1n) is 7.08. The Morgan fingerprint density at radius 3 is 3.05 bits per heavy atom. The van der Waals surface area contributed by atoms with E-state index in [0.29, 0.717) is 6.61 Å². The summed E-state index contributed by atoms with van der Waals surface area (Å²) < 4.78 is 11.9. The minimum atomic E-state index is 0. The van der Waals surface area contributed by atoms with E-state index in [1.54, 1.807) is 0 Å². The van der Waals surface area contributed by atoms with Gasteiger partial charge in [-0.3, -0.25) is 0 Å². The van der Waals surface area contributed by atoms with Gasteiger partial charge in [0.05, 0.1) is 0 Å². The summed E-state index contributed by atoms with van der Waals surface area (Å²) in [6, 6.07) is 6.11. The molecule has 0 saturated carbocycles. The van der Waals surface area contributed by atoms with Gasteiger partial charge in [-0.1, -0.05) is 6.07 Å². The molecule has 1 aromatic carbocycles. The topological polar surface area (TPSA) is 82.7 Å². The Labute approximate surface area is 120 Å². The number of rotatable bonds is 2. The van der Waals surface area contributed by atoms with Crippen LogP contribution < -0.4 is 21.4 Å². The van der Waals surface area contributed by atoms with Crippen molar-refractivity contribution >= 4 is 0 Å². The number of likely N-dealkylation sites (N-methyl/N-ethyl adjacent to an activating group) is 1. The van der Waals surface area contributed by atoms with Crippen LogP contribution in [0.15, 0.2) is 18.2 Å². The molecule has 0 bridgehead atoms. The van der Waals surface area contributed by atoms with E-state index in [4.69, 9.17) is 15.2 Å². The van der Waals surface area contributed by atoms with Gasteiger partial charge in [0.2, 0.25) is 0 Å². The second-order valence-corrected chi connectivity index (χ2v) is 5.65. The lowest BCUT2D eigenvalue weighted by Gasteiger charge is -2.32. The van der Waals surface area contributed by atoms with E-state index in [1.807, 2.05) is 18.2 Å². The SMILES string of the molecule is CN1CCCC(Oc2cccc3c2C[C@H](N)CO3)C1.N. The maximum Gasteiger partial charge on any atom is 0.126 e. The highest BCUT2D eigenvalue weighted by Gasteiger charge is 2.24. The zero-order valence-electron chi connectivity index (χ0n) is 12.2. The Hall–Kier alpha value is -1.30. The highest BCUT2D eigenvalue weighted by molar-refractivity contribution is 5.46. The van der Waals surface area contributed by atoms with Gasteiger partial charge in [-0.15, -0.1) is 0 Å². The molecule has 2 atom stereocenters. The molecule has 0 aliphatic carbocycles. The molecule has 0 amide bonds. The van der Waals surface area contributed by atoms with Crippen molar-refractivity contribution in [2.45, 2.75) is 31.4 Å². The molecular weight excluding hydrogens is 254 g/mol. The van der Waals surface area contributed by atoms with Crippen molar-refractivity contribution < 1.29 is 9.47 Å². The van der Waals surface area contributed by atoms with E-state index in [2.05, 4.69) is 11.9 Å². The average molecular weight is 279 g/mol. The molecule has 5 N–H and O–H groups in total. The number of nitrogens with two attached hydrogens (primary N) is 1. The third kappa shape index (κ3) is 3.23. The summed E-state index contributed by atoms with van der Waals surface area (Å²) in [6.45, 7) is 2.76. The van der Waals surface area contributed by atoms with Gasteiger partial charge in [-0.2, -0.15) is 0 Å². The fourth-order valence-corrected chi connectivity index (χ4v) is 2.91. The van der Waals surface area contributed by atoms with Gasteiger partial charge in [-0.25, -0.2) is 0 Å². The van der Waals surface area contributed by atoms with Gasteiger partial charge in [0, 0.05) is 18.2 Å². The molecule has 1 unspecified atom stereocenters. The average Bonchev–Trinajstić information content (AvgIpc) is 2.39. The van der Waals surface area contributed by atoms with Gasteiger partial charge < -0.3 is 26.3 Å². The number of hydrogen-bond donors (Lipinski definition) is 2. The summed E-state index contributed by atoms with van der Waals surface area (Å²) in [5.41, 5.74) is 7.12. The first-order valence-corrected chi connectivity index (χ1v) is 7.08. The first kappa shape index (κ1) is 15.1. The van der Waals surface area contributed by atoms with E-state index in [1.165, 1.54) is 13.0 Å². The van der Waals surface area contributed by atoms with E-state index in [-0.39, 0.29) is 18.3 Å². The highest BCUT2D eigenvalue weighted by atomic mass is 16.5. The predicted octanol–water partition coefficient (Wildman–Crippen LogP) is 1.58. The monoisotopic (exact) mass is 279 g/mol. The van der Waals surface area contributed by atoms with Gasteiger partial charge in [0.25, 0.3) is 0 Å². The molecule has 1 aromatic rings. The Bertz CT molecular complexity index is 453. The standard InChI is InChI=1S/C15H22N2O2.H3N/c1-17-7-3-4-12(9-17)19-15-6-2-5-14-13(15)8-11(16)10-18-14;/h2,5-6,11-12H,3-4,7-10,16H2,1H3;1H3/t11-,12?;/m0./s1. The Balaban J connectivity index is 0.00000147. The lowest BCUT2D eigenvalue weighted by molar-refractivity contribution is 0.102. The molecule has 2 aliphatic heterocycles. The molecule has 0 spiro atoms. The molecule has 5 nitrogen and oxygen atoms in total. The van der Waals surface area contributed by atoms with Crippen molar-refractivity contribution in [1.82, 2.24) is 11.1 Å². The van der Waals surface area contributed by atoms with Crippen molar-refractivity contribution in [1.29, 1.82) is 0 Å². The molecule has 1 saturated heterocycles. The van der Waals surface area contributed by atoms with Crippen molar-refractivity contribution in [3.05, 3.63) is 23.8 Å². The van der Waals surface area contributed by atoms with Crippen LogP contribution in [0.25, 0.3) is 0 Å². The maximum absolute atomic E-state index is 6.20. The van der Waals surface area contributed by atoms with Crippen LogP contribution in [0.5, 0.6) is 11.5 Å². The van der Waals surface area contributed by atoms with E-state index < -0.39 is 0 Å². The van der Waals surface area contributed by atoms with Crippen LogP contribution in [0.4, 0.5) is 0 Å². The quantitative estimate of drug-likeness (QED) is 0.859. The van der Waals surface area contributed by atoms with E-state index >= 15 is 0 Å². The zero-order valence-corrected chi connectivity index (χ0v) is 12.2. The molecule has 0 aromatic heterocycles. The maximum atomic E-state index is 6.20. The van der Waals surface area contributed by atoms with Gasteiger partial charge in [-0.05, 0) is 45.0 Å². The number of piperidine rings is 1. The fraction of sp³-hybridized carbons (Fsp3) is 0.600. The molecule has 112 valence electrons. The van der Waals surface area contributed by atoms with Crippen molar-refractivity contribution in [2.75, 3.05) is 26.7 Å². The van der Waals surface area contributed by atoms with Gasteiger partial charge >= 0.3 is 0 Å². The minimum Gasteiger partial charge on any atom is -0.492 e. The largest absolute Gasteiger partial charge is 0.492 e. The van der Waals surface area contributed by atoms with Crippen LogP contribution in [0.1, 0.15) is 18.4 Å². The Kier molecular flexibility index (Phi) is 4.86. The number of fused-ring (bicyclic) bond motifs is 1. The van der Waals surface area contributed by atoms with Crippen molar-refractivity contribution in [2.24, 2.45) is 5.73 Å². The summed E-state index contributed by atoms with van der Waals surface area (Å²) in [4.78, 5) is 2.33. The number of ether oxygens (including phenoxy) is 2. The zero-order chi connectivity index (χ0) is 13.2.